The van der Waals surface area contributed by atoms with Crippen molar-refractivity contribution in [1.82, 2.24) is 4.90 Å². The lowest BCUT2D eigenvalue weighted by atomic mass is 10.0. The van der Waals surface area contributed by atoms with Crippen LogP contribution in [0.15, 0.2) is 60.7 Å². The highest BCUT2D eigenvalue weighted by molar-refractivity contribution is 5.89. The second-order valence-corrected chi connectivity index (χ2v) is 7.08. The van der Waals surface area contributed by atoms with E-state index in [4.69, 9.17) is 10.2 Å². The molecule has 7 heteroatoms. The van der Waals surface area contributed by atoms with Gasteiger partial charge in [0.2, 0.25) is 0 Å². The lowest BCUT2D eigenvalue weighted by Gasteiger charge is -2.27. The summed E-state index contributed by atoms with van der Waals surface area (Å²) >= 11 is 0. The molecule has 0 amide bonds. The SMILES string of the molecule is CN(C)CCCN1c2ccccc2CCc2ccccc21.Cl.O=C(O)/C=C/C(=O)O. The first-order chi connectivity index (χ1) is 13.9. The van der Waals surface area contributed by atoms with Crippen molar-refractivity contribution < 1.29 is 19.8 Å². The number of carbonyl (C=O) groups is 2. The number of para-hydroxylation sites is 2. The maximum atomic E-state index is 9.55. The molecule has 0 radical (unpaired) electrons. The minimum Gasteiger partial charge on any atom is -0.478 e. The van der Waals surface area contributed by atoms with Crippen molar-refractivity contribution in [1.29, 1.82) is 0 Å². The Balaban J connectivity index is 0.000000431. The van der Waals surface area contributed by atoms with E-state index in [1.54, 1.807) is 0 Å². The Morgan fingerprint density at radius 2 is 1.33 bits per heavy atom. The van der Waals surface area contributed by atoms with Gasteiger partial charge in [-0.15, -0.1) is 12.4 Å². The Kier molecular flexibility index (Phi) is 10.6. The number of nitrogens with zero attached hydrogens (tertiary/aromatic N) is 2. The Bertz CT molecular complexity index is 804. The maximum absolute atomic E-state index is 9.55. The van der Waals surface area contributed by atoms with Gasteiger partial charge in [-0.05, 0) is 63.2 Å². The van der Waals surface area contributed by atoms with E-state index in [1.807, 2.05) is 0 Å². The fourth-order valence-corrected chi connectivity index (χ4v) is 3.30. The van der Waals surface area contributed by atoms with Gasteiger partial charge >= 0.3 is 11.9 Å². The Morgan fingerprint density at radius 1 is 0.900 bits per heavy atom. The van der Waals surface area contributed by atoms with Gasteiger partial charge in [-0.25, -0.2) is 9.59 Å². The Morgan fingerprint density at radius 3 is 1.73 bits per heavy atom. The van der Waals surface area contributed by atoms with Crippen LogP contribution in [0.4, 0.5) is 11.4 Å². The van der Waals surface area contributed by atoms with Crippen LogP contribution in [0.1, 0.15) is 17.5 Å². The molecule has 2 aromatic carbocycles. The van der Waals surface area contributed by atoms with Crippen LogP contribution in [-0.2, 0) is 22.4 Å². The van der Waals surface area contributed by atoms with Gasteiger partial charge in [-0.1, -0.05) is 36.4 Å². The number of anilines is 2. The summed E-state index contributed by atoms with van der Waals surface area (Å²) in [5.41, 5.74) is 5.72. The number of benzene rings is 2. The second-order valence-electron chi connectivity index (χ2n) is 7.08. The van der Waals surface area contributed by atoms with Crippen molar-refractivity contribution >= 4 is 35.7 Å². The minimum absolute atomic E-state index is 0. The Labute approximate surface area is 183 Å². The first kappa shape index (κ1) is 25.2. The zero-order valence-corrected chi connectivity index (χ0v) is 18.1. The molecule has 30 heavy (non-hydrogen) atoms. The first-order valence-electron chi connectivity index (χ1n) is 9.60. The molecule has 0 atom stereocenters. The van der Waals surface area contributed by atoms with Crippen LogP contribution >= 0.6 is 12.4 Å². The quantitative estimate of drug-likeness (QED) is 0.671. The van der Waals surface area contributed by atoms with Crippen molar-refractivity contribution in [3.05, 3.63) is 71.8 Å². The van der Waals surface area contributed by atoms with Gasteiger partial charge in [0, 0.05) is 30.1 Å². The molecule has 1 heterocycles. The number of rotatable bonds is 6. The van der Waals surface area contributed by atoms with Gasteiger partial charge in [0.25, 0.3) is 0 Å². The number of aryl methyl sites for hydroxylation is 2. The molecule has 0 aromatic heterocycles. The molecule has 162 valence electrons. The normalized spacial score (nSPS) is 12.2. The molecule has 0 spiro atoms. The number of fused-ring (bicyclic) bond motifs is 2. The lowest BCUT2D eigenvalue weighted by Crippen LogP contribution is -2.23. The zero-order valence-electron chi connectivity index (χ0n) is 17.3. The van der Waals surface area contributed by atoms with Crippen LogP contribution in [0.5, 0.6) is 0 Å². The highest BCUT2D eigenvalue weighted by atomic mass is 35.5. The summed E-state index contributed by atoms with van der Waals surface area (Å²) in [5.74, 6) is -2.51. The average molecular weight is 433 g/mol. The van der Waals surface area contributed by atoms with E-state index in [-0.39, 0.29) is 12.4 Å². The number of carboxylic acid groups (broad SMARTS) is 2. The molecule has 1 aliphatic heterocycles. The van der Waals surface area contributed by atoms with Gasteiger partial charge < -0.3 is 20.0 Å². The highest BCUT2D eigenvalue weighted by Crippen LogP contribution is 2.35. The van der Waals surface area contributed by atoms with E-state index in [2.05, 4.69) is 72.4 Å². The first-order valence-corrected chi connectivity index (χ1v) is 9.60. The average Bonchev–Trinajstić information content (AvgIpc) is 2.84. The number of hydrogen-bond acceptors (Lipinski definition) is 4. The number of hydrogen-bond donors (Lipinski definition) is 2. The van der Waals surface area contributed by atoms with Crippen LogP contribution in [0.2, 0.25) is 0 Å². The molecule has 2 aromatic rings. The standard InChI is InChI=1S/C19H24N2.C4H4O4.ClH/c1-20(2)14-7-15-21-18-10-5-3-8-16(18)12-13-17-9-4-6-11-19(17)21;5-3(6)1-2-4(7)8;/h3-6,8-11H,7,12-15H2,1-2H3;1-2H,(H,5,6)(H,7,8);1H/b;2-1+;. The number of halogens is 1. The molecular formula is C23H29ClN2O4. The smallest absolute Gasteiger partial charge is 0.328 e. The summed E-state index contributed by atoms with van der Waals surface area (Å²) in [4.78, 5) is 23.9. The molecule has 0 saturated carbocycles. The lowest BCUT2D eigenvalue weighted by molar-refractivity contribution is -0.134. The summed E-state index contributed by atoms with van der Waals surface area (Å²) in [6.45, 7) is 2.20. The van der Waals surface area contributed by atoms with E-state index in [0.29, 0.717) is 12.2 Å². The monoisotopic (exact) mass is 432 g/mol. The van der Waals surface area contributed by atoms with Gasteiger partial charge in [0.05, 0.1) is 0 Å². The van der Waals surface area contributed by atoms with Crippen molar-refractivity contribution in [2.24, 2.45) is 0 Å². The fourth-order valence-electron chi connectivity index (χ4n) is 3.30. The second kappa shape index (κ2) is 12.7. The van der Waals surface area contributed by atoms with Gasteiger partial charge in [-0.3, -0.25) is 0 Å². The summed E-state index contributed by atoms with van der Waals surface area (Å²) < 4.78 is 0. The Hall–Kier alpha value is -2.83. The third-order valence-corrected chi connectivity index (χ3v) is 4.58. The van der Waals surface area contributed by atoms with Crippen molar-refractivity contribution in [2.75, 3.05) is 32.1 Å². The van der Waals surface area contributed by atoms with Crippen molar-refractivity contribution in [3.63, 3.8) is 0 Å². The minimum atomic E-state index is -1.26. The maximum Gasteiger partial charge on any atom is 0.328 e. The van der Waals surface area contributed by atoms with Gasteiger partial charge in [-0.2, -0.15) is 0 Å². The predicted molar refractivity (Wildman–Crippen MR) is 122 cm³/mol. The number of carboxylic acids is 2. The van der Waals surface area contributed by atoms with E-state index >= 15 is 0 Å². The van der Waals surface area contributed by atoms with Crippen molar-refractivity contribution in [3.8, 4) is 0 Å². The van der Waals surface area contributed by atoms with E-state index in [9.17, 15) is 9.59 Å². The molecule has 2 N–H and O–H groups in total. The van der Waals surface area contributed by atoms with Crippen LogP contribution < -0.4 is 4.90 Å². The molecule has 0 fully saturated rings. The van der Waals surface area contributed by atoms with Crippen LogP contribution in [-0.4, -0.2) is 54.2 Å². The molecule has 1 aliphatic rings. The molecule has 3 rings (SSSR count). The molecule has 0 bridgehead atoms. The largest absolute Gasteiger partial charge is 0.478 e. The van der Waals surface area contributed by atoms with E-state index < -0.39 is 11.9 Å². The van der Waals surface area contributed by atoms with E-state index in [1.165, 1.54) is 28.9 Å². The number of aliphatic carboxylic acids is 2. The molecular weight excluding hydrogens is 404 g/mol. The summed E-state index contributed by atoms with van der Waals surface area (Å²) in [7, 11) is 4.29. The van der Waals surface area contributed by atoms with Gasteiger partial charge in [0.1, 0.15) is 0 Å². The van der Waals surface area contributed by atoms with E-state index in [0.717, 1.165) is 25.9 Å². The molecule has 6 nitrogen and oxygen atoms in total. The summed E-state index contributed by atoms with van der Waals surface area (Å²) in [6, 6.07) is 17.7. The van der Waals surface area contributed by atoms with Crippen molar-refractivity contribution in [2.45, 2.75) is 19.3 Å². The zero-order chi connectivity index (χ0) is 21.2. The highest BCUT2D eigenvalue weighted by Gasteiger charge is 2.19. The third-order valence-electron chi connectivity index (χ3n) is 4.58. The third kappa shape index (κ3) is 7.89. The summed E-state index contributed by atoms with van der Waals surface area (Å²) in [6.07, 6.45) is 4.56. The topological polar surface area (TPSA) is 81.1 Å². The molecule has 0 unspecified atom stereocenters. The predicted octanol–water partition coefficient (Wildman–Crippen LogP) is 4.01. The molecule has 0 saturated heterocycles. The summed E-state index contributed by atoms with van der Waals surface area (Å²) in [5, 5.41) is 15.6. The fraction of sp³-hybridized carbons (Fsp3) is 0.304. The van der Waals surface area contributed by atoms with Crippen LogP contribution in [0, 0.1) is 0 Å². The van der Waals surface area contributed by atoms with Crippen LogP contribution in [0.25, 0.3) is 0 Å². The molecule has 0 aliphatic carbocycles. The van der Waals surface area contributed by atoms with Gasteiger partial charge in [0.15, 0.2) is 0 Å². The van der Waals surface area contributed by atoms with Crippen LogP contribution in [0.3, 0.4) is 0 Å².